The molecular weight excluding hydrogens is 240 g/mol. The van der Waals surface area contributed by atoms with Crippen molar-refractivity contribution in [3.05, 3.63) is 53.6 Å². The van der Waals surface area contributed by atoms with E-state index in [0.717, 1.165) is 17.7 Å². The number of hydrogen-bond donors (Lipinski definition) is 2. The average molecular weight is 254 g/mol. The number of carbonyl (C=O) groups excluding carboxylic acids is 1. The predicted molar refractivity (Wildman–Crippen MR) is 74.3 cm³/mol. The second-order valence-electron chi connectivity index (χ2n) is 4.58. The van der Waals surface area contributed by atoms with Gasteiger partial charge in [-0.2, -0.15) is 0 Å². The highest BCUT2D eigenvalue weighted by molar-refractivity contribution is 6.10. The number of carbonyl (C=O) groups is 1. The molecule has 0 unspecified atom stereocenters. The summed E-state index contributed by atoms with van der Waals surface area (Å²) in [6, 6.07) is 12.2. The summed E-state index contributed by atoms with van der Waals surface area (Å²) in [4.78, 5) is 14.1. The number of hydrogen-bond acceptors (Lipinski definition) is 3. The van der Waals surface area contributed by atoms with Crippen LogP contribution >= 0.6 is 0 Å². The Bertz CT molecular complexity index is 652. The van der Waals surface area contributed by atoms with Crippen LogP contribution in [-0.4, -0.2) is 17.6 Å². The van der Waals surface area contributed by atoms with Crippen LogP contribution in [0.5, 0.6) is 5.75 Å². The Labute approximate surface area is 111 Å². The molecule has 1 amide bonds. The number of phenolic OH excluding ortho intramolecular Hbond substituents is 1. The Hall–Kier alpha value is -2.49. The highest BCUT2D eigenvalue weighted by Crippen LogP contribution is 2.35. The molecule has 0 radical (unpaired) electrons. The van der Waals surface area contributed by atoms with Crippen LogP contribution in [-0.2, 0) is 6.42 Å². The number of nitrogens with two attached hydrogens (primary N) is 1. The first-order valence-electron chi connectivity index (χ1n) is 6.15. The van der Waals surface area contributed by atoms with Gasteiger partial charge in [-0.05, 0) is 30.2 Å². The van der Waals surface area contributed by atoms with Crippen LogP contribution in [0.25, 0.3) is 0 Å². The van der Waals surface area contributed by atoms with Gasteiger partial charge in [0.05, 0.1) is 16.9 Å². The van der Waals surface area contributed by atoms with Gasteiger partial charge in [-0.15, -0.1) is 0 Å². The third kappa shape index (κ3) is 1.81. The molecule has 1 aliphatic heterocycles. The van der Waals surface area contributed by atoms with E-state index in [9.17, 15) is 9.90 Å². The Balaban J connectivity index is 2.03. The Morgan fingerprint density at radius 3 is 2.74 bits per heavy atom. The summed E-state index contributed by atoms with van der Waals surface area (Å²) < 4.78 is 0. The molecule has 2 aromatic carbocycles. The fourth-order valence-corrected chi connectivity index (χ4v) is 2.49. The maximum Gasteiger partial charge on any atom is 0.262 e. The lowest BCUT2D eigenvalue weighted by atomic mass is 10.1. The first kappa shape index (κ1) is 11.6. The standard InChI is InChI=1S/C15H14N2O2/c16-12-6-3-4-10-8-9-17(14(10)12)15(19)11-5-1-2-7-13(11)18/h1-7,18H,8-9,16H2. The smallest absolute Gasteiger partial charge is 0.262 e. The van der Waals surface area contributed by atoms with E-state index in [-0.39, 0.29) is 11.7 Å². The van der Waals surface area contributed by atoms with Crippen LogP contribution in [0.4, 0.5) is 11.4 Å². The lowest BCUT2D eigenvalue weighted by molar-refractivity contribution is 0.0987. The average Bonchev–Trinajstić information content (AvgIpc) is 2.84. The summed E-state index contributed by atoms with van der Waals surface area (Å²) in [5, 5.41) is 9.78. The van der Waals surface area contributed by atoms with Crippen LogP contribution in [0.2, 0.25) is 0 Å². The Kier molecular flexibility index (Phi) is 2.63. The van der Waals surface area contributed by atoms with Crippen LogP contribution in [0.1, 0.15) is 15.9 Å². The van der Waals surface area contributed by atoms with Crippen molar-refractivity contribution in [1.82, 2.24) is 0 Å². The van der Waals surface area contributed by atoms with Gasteiger partial charge in [0.2, 0.25) is 0 Å². The minimum atomic E-state index is -0.213. The topological polar surface area (TPSA) is 66.6 Å². The van der Waals surface area contributed by atoms with Crippen LogP contribution in [0, 0.1) is 0 Å². The third-order valence-corrected chi connectivity index (χ3v) is 3.41. The Morgan fingerprint density at radius 2 is 1.95 bits per heavy atom. The molecule has 0 saturated carbocycles. The van der Waals surface area contributed by atoms with Crippen LogP contribution in [0.3, 0.4) is 0 Å². The van der Waals surface area contributed by atoms with Crippen LogP contribution in [0.15, 0.2) is 42.5 Å². The molecule has 0 saturated heterocycles. The van der Waals surface area contributed by atoms with E-state index < -0.39 is 0 Å². The van der Waals surface area contributed by atoms with Crippen molar-refractivity contribution < 1.29 is 9.90 Å². The fraction of sp³-hybridized carbons (Fsp3) is 0.133. The predicted octanol–water partition coefficient (Wildman–Crippen LogP) is 2.18. The second kappa shape index (κ2) is 4.31. The van der Waals surface area contributed by atoms with E-state index in [1.165, 1.54) is 6.07 Å². The van der Waals surface area contributed by atoms with E-state index in [4.69, 9.17) is 5.73 Å². The molecule has 3 rings (SSSR count). The van der Waals surface area contributed by atoms with E-state index >= 15 is 0 Å². The fourth-order valence-electron chi connectivity index (χ4n) is 2.49. The number of phenols is 1. The molecule has 19 heavy (non-hydrogen) atoms. The van der Waals surface area contributed by atoms with E-state index in [1.54, 1.807) is 29.2 Å². The van der Waals surface area contributed by atoms with Gasteiger partial charge < -0.3 is 15.7 Å². The SMILES string of the molecule is Nc1cccc2c1N(C(=O)c1ccccc1O)CC2. The van der Waals surface area contributed by atoms with E-state index in [1.807, 2.05) is 12.1 Å². The number of nitrogen functional groups attached to an aromatic ring is 1. The number of aromatic hydroxyl groups is 1. The van der Waals surface area contributed by atoms with Crippen molar-refractivity contribution in [2.24, 2.45) is 0 Å². The molecule has 1 heterocycles. The molecule has 0 aromatic heterocycles. The molecule has 1 aliphatic rings. The zero-order valence-corrected chi connectivity index (χ0v) is 10.3. The number of nitrogens with zero attached hydrogens (tertiary/aromatic N) is 1. The van der Waals surface area contributed by atoms with Crippen molar-refractivity contribution in [3.8, 4) is 5.75 Å². The summed E-state index contributed by atoms with van der Waals surface area (Å²) in [5.74, 6) is -0.217. The van der Waals surface area contributed by atoms with Gasteiger partial charge >= 0.3 is 0 Å². The number of para-hydroxylation sites is 2. The molecule has 0 fully saturated rings. The van der Waals surface area contributed by atoms with Crippen molar-refractivity contribution >= 4 is 17.3 Å². The van der Waals surface area contributed by atoms with E-state index in [2.05, 4.69) is 0 Å². The summed E-state index contributed by atoms with van der Waals surface area (Å²) >= 11 is 0. The molecule has 4 heteroatoms. The first-order chi connectivity index (χ1) is 9.18. The zero-order chi connectivity index (χ0) is 13.4. The minimum absolute atomic E-state index is 0.00421. The van der Waals surface area contributed by atoms with E-state index in [0.29, 0.717) is 17.8 Å². The normalized spacial score (nSPS) is 13.4. The van der Waals surface area contributed by atoms with Gasteiger partial charge in [0.15, 0.2) is 0 Å². The molecule has 0 aliphatic carbocycles. The number of amides is 1. The number of anilines is 2. The van der Waals surface area contributed by atoms with Crippen molar-refractivity contribution in [1.29, 1.82) is 0 Å². The molecule has 96 valence electrons. The van der Waals surface area contributed by atoms with Crippen molar-refractivity contribution in [3.63, 3.8) is 0 Å². The second-order valence-corrected chi connectivity index (χ2v) is 4.58. The number of rotatable bonds is 1. The maximum atomic E-state index is 12.5. The van der Waals surface area contributed by atoms with Crippen LogP contribution < -0.4 is 10.6 Å². The molecule has 0 spiro atoms. The molecule has 3 N–H and O–H groups in total. The van der Waals surface area contributed by atoms with Crippen molar-refractivity contribution in [2.75, 3.05) is 17.2 Å². The van der Waals surface area contributed by atoms with Gasteiger partial charge in [0.1, 0.15) is 5.75 Å². The Morgan fingerprint density at radius 1 is 1.16 bits per heavy atom. The third-order valence-electron chi connectivity index (χ3n) is 3.41. The van der Waals surface area contributed by atoms with Gasteiger partial charge in [-0.1, -0.05) is 24.3 Å². The summed E-state index contributed by atoms with van der Waals surface area (Å²) in [7, 11) is 0. The highest BCUT2D eigenvalue weighted by atomic mass is 16.3. The molecule has 2 aromatic rings. The minimum Gasteiger partial charge on any atom is -0.507 e. The lowest BCUT2D eigenvalue weighted by Crippen LogP contribution is -2.29. The molecule has 4 nitrogen and oxygen atoms in total. The number of benzene rings is 2. The molecule has 0 atom stereocenters. The first-order valence-corrected chi connectivity index (χ1v) is 6.15. The summed E-state index contributed by atoms with van der Waals surface area (Å²) in [6.07, 6.45) is 0.791. The van der Waals surface area contributed by atoms with Gasteiger partial charge in [-0.25, -0.2) is 0 Å². The monoisotopic (exact) mass is 254 g/mol. The summed E-state index contributed by atoms with van der Waals surface area (Å²) in [5.41, 5.74) is 8.71. The van der Waals surface area contributed by atoms with Gasteiger partial charge in [0.25, 0.3) is 5.91 Å². The summed E-state index contributed by atoms with van der Waals surface area (Å²) in [6.45, 7) is 0.594. The quantitative estimate of drug-likeness (QED) is 0.766. The van der Waals surface area contributed by atoms with Gasteiger partial charge in [0, 0.05) is 6.54 Å². The lowest BCUT2D eigenvalue weighted by Gasteiger charge is -2.19. The van der Waals surface area contributed by atoms with Crippen molar-refractivity contribution in [2.45, 2.75) is 6.42 Å². The zero-order valence-electron chi connectivity index (χ0n) is 10.3. The maximum absolute atomic E-state index is 12.5. The molecule has 0 bridgehead atoms. The highest BCUT2D eigenvalue weighted by Gasteiger charge is 2.28. The largest absolute Gasteiger partial charge is 0.507 e. The van der Waals surface area contributed by atoms with Gasteiger partial charge in [-0.3, -0.25) is 4.79 Å². The molecular formula is C15H14N2O2. The number of fused-ring (bicyclic) bond motifs is 1.